The molecule has 1 aromatic carbocycles. The van der Waals surface area contributed by atoms with Crippen molar-refractivity contribution in [1.29, 1.82) is 0 Å². The Bertz CT molecular complexity index is 683. The fraction of sp³-hybridized carbons (Fsp3) is 0.353. The molecule has 2 rings (SSSR count). The minimum Gasteiger partial charge on any atom is -0.497 e. The summed E-state index contributed by atoms with van der Waals surface area (Å²) in [7, 11) is 1.56. The molecule has 1 saturated heterocycles. The molecular formula is C17H20N2O4S. The van der Waals surface area contributed by atoms with Gasteiger partial charge in [-0.1, -0.05) is 12.1 Å². The summed E-state index contributed by atoms with van der Waals surface area (Å²) in [6.45, 7) is 4.59. The van der Waals surface area contributed by atoms with Gasteiger partial charge in [0.15, 0.2) is 0 Å². The number of ether oxygens (including phenoxy) is 1. The van der Waals surface area contributed by atoms with Crippen molar-refractivity contribution in [2.45, 2.75) is 13.8 Å². The lowest BCUT2D eigenvalue weighted by Crippen LogP contribution is -2.41. The van der Waals surface area contributed by atoms with Gasteiger partial charge in [-0.25, -0.2) is 0 Å². The Labute approximate surface area is 145 Å². The van der Waals surface area contributed by atoms with E-state index in [0.29, 0.717) is 23.7 Å². The van der Waals surface area contributed by atoms with E-state index in [1.54, 1.807) is 36.3 Å². The minimum absolute atomic E-state index is 0.220. The molecule has 0 N–H and O–H groups in total. The van der Waals surface area contributed by atoms with Gasteiger partial charge in [0.2, 0.25) is 5.91 Å². The lowest BCUT2D eigenvalue weighted by atomic mass is 10.2. The van der Waals surface area contributed by atoms with Crippen LogP contribution in [0.25, 0.3) is 6.08 Å². The maximum atomic E-state index is 12.4. The molecule has 0 radical (unpaired) electrons. The zero-order valence-electron chi connectivity index (χ0n) is 13.9. The molecule has 0 atom stereocenters. The van der Waals surface area contributed by atoms with Gasteiger partial charge in [0.25, 0.3) is 11.1 Å². The summed E-state index contributed by atoms with van der Waals surface area (Å²) in [6.07, 6.45) is 1.63. The zero-order chi connectivity index (χ0) is 17.7. The van der Waals surface area contributed by atoms with Gasteiger partial charge in [-0.05, 0) is 49.4 Å². The van der Waals surface area contributed by atoms with E-state index in [9.17, 15) is 14.4 Å². The second kappa shape index (κ2) is 8.01. The Hall–Kier alpha value is -2.28. The molecule has 0 unspecified atom stereocenters. The fourth-order valence-corrected chi connectivity index (χ4v) is 3.17. The number of rotatable bonds is 6. The second-order valence-electron chi connectivity index (χ2n) is 5.11. The van der Waals surface area contributed by atoms with Gasteiger partial charge in [-0.15, -0.1) is 0 Å². The number of imide groups is 1. The van der Waals surface area contributed by atoms with Crippen molar-refractivity contribution >= 4 is 34.9 Å². The Balaban J connectivity index is 2.16. The molecule has 1 aliphatic rings. The molecule has 24 heavy (non-hydrogen) atoms. The van der Waals surface area contributed by atoms with Gasteiger partial charge in [0.1, 0.15) is 12.3 Å². The molecule has 128 valence electrons. The number of amides is 3. The predicted molar refractivity (Wildman–Crippen MR) is 93.6 cm³/mol. The van der Waals surface area contributed by atoms with E-state index in [4.69, 9.17) is 4.74 Å². The first kappa shape index (κ1) is 18.1. The number of carbonyl (C=O) groups is 3. The quantitative estimate of drug-likeness (QED) is 0.739. The summed E-state index contributed by atoms with van der Waals surface area (Å²) in [4.78, 5) is 39.5. The van der Waals surface area contributed by atoms with Crippen molar-refractivity contribution in [3.05, 3.63) is 34.7 Å². The highest BCUT2D eigenvalue weighted by atomic mass is 32.2. The first-order chi connectivity index (χ1) is 11.5. The second-order valence-corrected chi connectivity index (χ2v) is 6.10. The molecule has 1 fully saturated rings. The molecule has 0 aliphatic carbocycles. The van der Waals surface area contributed by atoms with Gasteiger partial charge >= 0.3 is 0 Å². The van der Waals surface area contributed by atoms with Crippen molar-refractivity contribution in [3.8, 4) is 5.75 Å². The van der Waals surface area contributed by atoms with E-state index in [1.807, 2.05) is 19.9 Å². The highest BCUT2D eigenvalue weighted by molar-refractivity contribution is 8.18. The molecule has 6 nitrogen and oxygen atoms in total. The molecule has 1 aromatic rings. The molecule has 7 heteroatoms. The zero-order valence-corrected chi connectivity index (χ0v) is 14.8. The van der Waals surface area contributed by atoms with Crippen LogP contribution in [0.15, 0.2) is 29.2 Å². The smallest absolute Gasteiger partial charge is 0.294 e. The third-order valence-electron chi connectivity index (χ3n) is 3.67. The van der Waals surface area contributed by atoms with Crippen molar-refractivity contribution in [3.63, 3.8) is 0 Å². The average Bonchev–Trinajstić information content (AvgIpc) is 2.83. The number of hydrogen-bond acceptors (Lipinski definition) is 5. The lowest BCUT2D eigenvalue weighted by molar-refractivity contribution is -0.135. The number of benzene rings is 1. The third kappa shape index (κ3) is 3.97. The van der Waals surface area contributed by atoms with E-state index in [2.05, 4.69) is 0 Å². The van der Waals surface area contributed by atoms with Crippen LogP contribution >= 0.6 is 11.8 Å². The summed E-state index contributed by atoms with van der Waals surface area (Å²) in [5.74, 6) is -0.00190. The Kier molecular flexibility index (Phi) is 6.03. The summed E-state index contributed by atoms with van der Waals surface area (Å²) in [5, 5.41) is -0.422. The van der Waals surface area contributed by atoms with Crippen LogP contribution < -0.4 is 4.74 Å². The van der Waals surface area contributed by atoms with Gasteiger partial charge < -0.3 is 9.64 Å². The summed E-state index contributed by atoms with van der Waals surface area (Å²) >= 11 is 0.846. The Morgan fingerprint density at radius 1 is 1.29 bits per heavy atom. The van der Waals surface area contributed by atoms with Crippen LogP contribution in [0.4, 0.5) is 4.79 Å². The maximum Gasteiger partial charge on any atom is 0.294 e. The minimum atomic E-state index is -0.437. The van der Waals surface area contributed by atoms with Crippen LogP contribution in [0.3, 0.4) is 0 Å². The first-order valence-corrected chi connectivity index (χ1v) is 8.49. The van der Waals surface area contributed by atoms with Crippen molar-refractivity contribution in [1.82, 2.24) is 9.80 Å². The van der Waals surface area contributed by atoms with Crippen LogP contribution in [-0.4, -0.2) is 53.6 Å². The third-order valence-corrected chi connectivity index (χ3v) is 4.58. The number of carbonyl (C=O) groups excluding carboxylic acids is 3. The number of methoxy groups -OCH3 is 1. The molecule has 0 spiro atoms. The number of hydrogen-bond donors (Lipinski definition) is 0. The molecule has 0 saturated carbocycles. The SMILES string of the molecule is CCN(CC)C(=O)CN1C(=O)S/C(=C\c2cccc(OC)c2)C1=O. The first-order valence-electron chi connectivity index (χ1n) is 7.67. The summed E-state index contributed by atoms with van der Waals surface area (Å²) in [6, 6.07) is 7.19. The standard InChI is InChI=1S/C17H20N2O4S/c1-4-18(5-2)15(20)11-19-16(21)14(24-17(19)22)10-12-7-6-8-13(9-12)23-3/h6-10H,4-5,11H2,1-3H3/b14-10-. The van der Waals surface area contributed by atoms with Gasteiger partial charge in [0.05, 0.1) is 12.0 Å². The average molecular weight is 348 g/mol. The highest BCUT2D eigenvalue weighted by Crippen LogP contribution is 2.32. The van der Waals surface area contributed by atoms with Crippen LogP contribution in [0.1, 0.15) is 19.4 Å². The number of likely N-dealkylation sites (N-methyl/N-ethyl adjacent to an activating group) is 1. The summed E-state index contributed by atoms with van der Waals surface area (Å²) < 4.78 is 5.14. The Morgan fingerprint density at radius 3 is 2.62 bits per heavy atom. The van der Waals surface area contributed by atoms with Crippen molar-refractivity contribution in [2.75, 3.05) is 26.7 Å². The van der Waals surface area contributed by atoms with E-state index in [1.165, 1.54) is 0 Å². The summed E-state index contributed by atoms with van der Waals surface area (Å²) in [5.41, 5.74) is 0.759. The highest BCUT2D eigenvalue weighted by Gasteiger charge is 2.36. The van der Waals surface area contributed by atoms with Crippen LogP contribution in [-0.2, 0) is 9.59 Å². The molecular weight excluding hydrogens is 328 g/mol. The van der Waals surface area contributed by atoms with Gasteiger partial charge in [-0.2, -0.15) is 0 Å². The van der Waals surface area contributed by atoms with Crippen molar-refractivity contribution < 1.29 is 19.1 Å². The Morgan fingerprint density at radius 2 is 2.00 bits per heavy atom. The molecule has 1 aliphatic heterocycles. The molecule has 3 amide bonds. The molecule has 0 aromatic heterocycles. The monoisotopic (exact) mass is 348 g/mol. The van der Waals surface area contributed by atoms with E-state index >= 15 is 0 Å². The van der Waals surface area contributed by atoms with Gasteiger partial charge in [0, 0.05) is 13.1 Å². The van der Waals surface area contributed by atoms with E-state index in [0.717, 1.165) is 22.2 Å². The molecule has 0 bridgehead atoms. The predicted octanol–water partition coefficient (Wildman–Crippen LogP) is 2.60. The largest absolute Gasteiger partial charge is 0.497 e. The lowest BCUT2D eigenvalue weighted by Gasteiger charge is -2.21. The van der Waals surface area contributed by atoms with Gasteiger partial charge in [-0.3, -0.25) is 19.3 Å². The normalized spacial score (nSPS) is 16.0. The topological polar surface area (TPSA) is 66.9 Å². The van der Waals surface area contributed by atoms with Crippen LogP contribution in [0.5, 0.6) is 5.75 Å². The number of nitrogens with zero attached hydrogens (tertiary/aromatic N) is 2. The number of thioether (sulfide) groups is 1. The van der Waals surface area contributed by atoms with Crippen LogP contribution in [0.2, 0.25) is 0 Å². The van der Waals surface area contributed by atoms with E-state index < -0.39 is 11.1 Å². The van der Waals surface area contributed by atoms with Crippen molar-refractivity contribution in [2.24, 2.45) is 0 Å². The molecule has 1 heterocycles. The van der Waals surface area contributed by atoms with Crippen LogP contribution in [0, 0.1) is 0 Å². The fourth-order valence-electron chi connectivity index (χ4n) is 2.33. The van der Waals surface area contributed by atoms with E-state index in [-0.39, 0.29) is 12.5 Å². The maximum absolute atomic E-state index is 12.4.